The zero-order valence-corrected chi connectivity index (χ0v) is 7.46. The molecular formula is C8H12F2O3. The van der Waals surface area contributed by atoms with Crippen molar-refractivity contribution in [3.63, 3.8) is 0 Å². The van der Waals surface area contributed by atoms with Crippen LogP contribution in [0.5, 0.6) is 0 Å². The van der Waals surface area contributed by atoms with Gasteiger partial charge in [-0.2, -0.15) is 8.78 Å². The summed E-state index contributed by atoms with van der Waals surface area (Å²) < 4.78 is 34.2. The number of rotatable bonds is 1. The minimum atomic E-state index is -1.78. The van der Waals surface area contributed by atoms with Crippen molar-refractivity contribution in [1.29, 1.82) is 0 Å². The molecule has 5 heteroatoms. The molecule has 0 aromatic rings. The maximum Gasteiger partial charge on any atom is 0.272 e. The van der Waals surface area contributed by atoms with E-state index in [-0.39, 0.29) is 12.0 Å². The third-order valence-electron chi connectivity index (χ3n) is 2.05. The first kappa shape index (κ1) is 10.6. The van der Waals surface area contributed by atoms with E-state index in [0.29, 0.717) is 0 Å². The third kappa shape index (κ3) is 2.24. The molecule has 3 nitrogen and oxygen atoms in total. The molecule has 1 N–H and O–H groups in total. The summed E-state index contributed by atoms with van der Waals surface area (Å²) in [6.45, 7) is 1.51. The van der Waals surface area contributed by atoms with Crippen LogP contribution in [0.2, 0.25) is 0 Å². The number of aliphatic hydroxyl groups excluding tert-OH is 1. The van der Waals surface area contributed by atoms with E-state index in [1.807, 2.05) is 0 Å². The predicted octanol–water partition coefficient (Wildman–Crippen LogP) is 1.28. The molecule has 0 bridgehead atoms. The maximum absolute atomic E-state index is 12.2. The van der Waals surface area contributed by atoms with Gasteiger partial charge in [0.1, 0.15) is 6.10 Å². The summed E-state index contributed by atoms with van der Waals surface area (Å²) >= 11 is 0. The van der Waals surface area contributed by atoms with Gasteiger partial charge in [0.25, 0.3) is 6.08 Å². The Morgan fingerprint density at radius 3 is 2.69 bits per heavy atom. The van der Waals surface area contributed by atoms with E-state index in [4.69, 9.17) is 9.47 Å². The van der Waals surface area contributed by atoms with Gasteiger partial charge < -0.3 is 14.6 Å². The minimum absolute atomic E-state index is 0.0952. The van der Waals surface area contributed by atoms with Crippen LogP contribution in [0, 0.1) is 0 Å². The molecule has 1 fully saturated rings. The zero-order chi connectivity index (χ0) is 10.0. The Balaban J connectivity index is 2.73. The van der Waals surface area contributed by atoms with Gasteiger partial charge in [-0.15, -0.1) is 0 Å². The number of hydrogen-bond acceptors (Lipinski definition) is 3. The monoisotopic (exact) mass is 194 g/mol. The van der Waals surface area contributed by atoms with Crippen LogP contribution in [0.15, 0.2) is 11.7 Å². The molecule has 0 aromatic carbocycles. The summed E-state index contributed by atoms with van der Waals surface area (Å²) in [7, 11) is 1.36. The van der Waals surface area contributed by atoms with Gasteiger partial charge in [-0.1, -0.05) is 0 Å². The van der Waals surface area contributed by atoms with Crippen molar-refractivity contribution in [2.24, 2.45) is 0 Å². The van der Waals surface area contributed by atoms with Crippen molar-refractivity contribution in [2.75, 3.05) is 7.11 Å². The highest BCUT2D eigenvalue weighted by molar-refractivity contribution is 5.12. The lowest BCUT2D eigenvalue weighted by atomic mass is 10.0. The number of hydrogen-bond donors (Lipinski definition) is 1. The first-order chi connectivity index (χ1) is 6.06. The Labute approximate surface area is 75.0 Å². The molecule has 0 aromatic heterocycles. The lowest BCUT2D eigenvalue weighted by Crippen LogP contribution is -2.40. The summed E-state index contributed by atoms with van der Waals surface area (Å²) in [4.78, 5) is 0. The molecule has 1 aliphatic rings. The molecular weight excluding hydrogens is 182 g/mol. The van der Waals surface area contributed by atoms with Gasteiger partial charge in [0.15, 0.2) is 6.29 Å². The fraction of sp³-hybridized carbons (Fsp3) is 0.750. The Bertz CT molecular complexity index is 213. The van der Waals surface area contributed by atoms with Crippen molar-refractivity contribution in [3.05, 3.63) is 11.7 Å². The first-order valence-corrected chi connectivity index (χ1v) is 3.96. The fourth-order valence-corrected chi connectivity index (χ4v) is 1.30. The quantitative estimate of drug-likeness (QED) is 0.683. The van der Waals surface area contributed by atoms with Crippen LogP contribution in [0.25, 0.3) is 0 Å². The summed E-state index contributed by atoms with van der Waals surface area (Å²) in [5.74, 6) is 0. The number of ether oxygens (including phenoxy) is 2. The van der Waals surface area contributed by atoms with E-state index in [0.717, 1.165) is 0 Å². The van der Waals surface area contributed by atoms with Crippen LogP contribution in [0.1, 0.15) is 13.3 Å². The molecule has 76 valence electrons. The highest BCUT2D eigenvalue weighted by Gasteiger charge is 2.33. The number of halogens is 2. The molecule has 0 unspecified atom stereocenters. The van der Waals surface area contributed by atoms with E-state index < -0.39 is 24.6 Å². The standard InChI is InChI=1S/C8H12F2O3/c1-4-5(7(9)10)3-6(11)8(12-2)13-4/h4,6,8,11H,3H2,1-2H3/t4-,6-,8+/m1/s1. The van der Waals surface area contributed by atoms with Gasteiger partial charge in [0.05, 0.1) is 6.10 Å². The molecule has 1 heterocycles. The minimum Gasteiger partial charge on any atom is -0.387 e. The van der Waals surface area contributed by atoms with Crippen LogP contribution in [0.4, 0.5) is 8.78 Å². The lowest BCUT2D eigenvalue weighted by Gasteiger charge is -2.32. The van der Waals surface area contributed by atoms with Gasteiger partial charge in [0, 0.05) is 19.1 Å². The summed E-state index contributed by atoms with van der Waals surface area (Å²) in [6.07, 6.45) is -4.39. The van der Waals surface area contributed by atoms with Crippen LogP contribution < -0.4 is 0 Å². The SMILES string of the molecule is CO[C@H]1O[C@H](C)C(=C(F)F)C[C@H]1O. The Morgan fingerprint density at radius 1 is 1.62 bits per heavy atom. The average Bonchev–Trinajstić information content (AvgIpc) is 2.07. The van der Waals surface area contributed by atoms with Crippen LogP contribution in [-0.4, -0.2) is 30.7 Å². The van der Waals surface area contributed by atoms with Crippen molar-refractivity contribution < 1.29 is 23.4 Å². The summed E-state index contributed by atoms with van der Waals surface area (Å²) in [6, 6.07) is 0. The van der Waals surface area contributed by atoms with Crippen molar-refractivity contribution >= 4 is 0 Å². The first-order valence-electron chi connectivity index (χ1n) is 3.96. The van der Waals surface area contributed by atoms with Crippen LogP contribution in [0.3, 0.4) is 0 Å². The van der Waals surface area contributed by atoms with Crippen molar-refractivity contribution in [1.82, 2.24) is 0 Å². The highest BCUT2D eigenvalue weighted by Crippen LogP contribution is 2.28. The van der Waals surface area contributed by atoms with E-state index in [1.54, 1.807) is 0 Å². The second-order valence-electron chi connectivity index (χ2n) is 2.94. The summed E-state index contributed by atoms with van der Waals surface area (Å²) in [5.41, 5.74) is -0.152. The lowest BCUT2D eigenvalue weighted by molar-refractivity contribution is -0.210. The zero-order valence-electron chi connectivity index (χ0n) is 7.46. The Kier molecular flexibility index (Phi) is 3.35. The molecule has 0 aliphatic carbocycles. The van der Waals surface area contributed by atoms with Gasteiger partial charge in [0.2, 0.25) is 0 Å². The van der Waals surface area contributed by atoms with Crippen LogP contribution >= 0.6 is 0 Å². The molecule has 0 amide bonds. The number of methoxy groups -OCH3 is 1. The van der Waals surface area contributed by atoms with Gasteiger partial charge in [-0.3, -0.25) is 0 Å². The van der Waals surface area contributed by atoms with Crippen molar-refractivity contribution in [2.45, 2.75) is 31.8 Å². The van der Waals surface area contributed by atoms with Crippen molar-refractivity contribution in [3.8, 4) is 0 Å². The number of aliphatic hydroxyl groups is 1. The normalized spacial score (nSPS) is 34.8. The smallest absolute Gasteiger partial charge is 0.272 e. The van der Waals surface area contributed by atoms with E-state index in [1.165, 1.54) is 14.0 Å². The average molecular weight is 194 g/mol. The van der Waals surface area contributed by atoms with Crippen LogP contribution in [-0.2, 0) is 9.47 Å². The molecule has 0 saturated carbocycles. The molecule has 13 heavy (non-hydrogen) atoms. The molecule has 1 aliphatic heterocycles. The molecule has 1 saturated heterocycles. The molecule has 1 rings (SSSR count). The predicted molar refractivity (Wildman–Crippen MR) is 41.2 cm³/mol. The topological polar surface area (TPSA) is 38.7 Å². The summed E-state index contributed by atoms with van der Waals surface area (Å²) in [5, 5.41) is 9.29. The van der Waals surface area contributed by atoms with E-state index in [2.05, 4.69) is 0 Å². The molecule has 0 spiro atoms. The van der Waals surface area contributed by atoms with E-state index >= 15 is 0 Å². The highest BCUT2D eigenvalue weighted by atomic mass is 19.3. The Morgan fingerprint density at radius 2 is 2.23 bits per heavy atom. The molecule has 3 atom stereocenters. The second kappa shape index (κ2) is 4.13. The van der Waals surface area contributed by atoms with Gasteiger partial charge in [-0.05, 0) is 6.92 Å². The Hall–Kier alpha value is -0.520. The van der Waals surface area contributed by atoms with E-state index in [9.17, 15) is 13.9 Å². The van der Waals surface area contributed by atoms with Gasteiger partial charge in [-0.25, -0.2) is 0 Å². The third-order valence-corrected chi connectivity index (χ3v) is 2.05. The van der Waals surface area contributed by atoms with Gasteiger partial charge >= 0.3 is 0 Å². The largest absolute Gasteiger partial charge is 0.387 e. The molecule has 0 radical (unpaired) electrons. The second-order valence-corrected chi connectivity index (χ2v) is 2.94. The maximum atomic E-state index is 12.2. The fourth-order valence-electron chi connectivity index (χ4n) is 1.30.